The van der Waals surface area contributed by atoms with Crippen LogP contribution in [0.4, 0.5) is 5.69 Å². The third kappa shape index (κ3) is 3.33. The van der Waals surface area contributed by atoms with Gasteiger partial charge in [-0.15, -0.1) is 0 Å². The van der Waals surface area contributed by atoms with E-state index in [0.29, 0.717) is 41.8 Å². The van der Waals surface area contributed by atoms with E-state index < -0.39 is 5.41 Å². The van der Waals surface area contributed by atoms with Crippen LogP contribution in [0.25, 0.3) is 0 Å². The van der Waals surface area contributed by atoms with Crippen molar-refractivity contribution < 1.29 is 23.8 Å². The van der Waals surface area contributed by atoms with E-state index in [0.717, 1.165) is 22.4 Å². The van der Waals surface area contributed by atoms with Gasteiger partial charge < -0.3 is 24.4 Å². The van der Waals surface area contributed by atoms with Gasteiger partial charge in [-0.25, -0.2) is 0 Å². The fourth-order valence-corrected chi connectivity index (χ4v) is 5.11. The van der Waals surface area contributed by atoms with E-state index in [4.69, 9.17) is 14.2 Å². The highest BCUT2D eigenvalue weighted by atomic mass is 16.7. The smallest absolute Gasteiger partial charge is 0.251 e. The van der Waals surface area contributed by atoms with Gasteiger partial charge in [0, 0.05) is 29.4 Å². The number of nitrogens with zero attached hydrogens (tertiary/aromatic N) is 1. The molecule has 7 nitrogen and oxygen atoms in total. The Morgan fingerprint density at radius 3 is 2.60 bits per heavy atom. The summed E-state index contributed by atoms with van der Waals surface area (Å²) in [6, 6.07) is 19.0. The molecule has 1 unspecified atom stereocenters. The first kappa shape index (κ1) is 21.5. The van der Waals surface area contributed by atoms with E-state index in [1.165, 1.54) is 0 Å². The molecule has 35 heavy (non-hydrogen) atoms. The zero-order valence-electron chi connectivity index (χ0n) is 19.7. The Labute approximate surface area is 203 Å². The third-order valence-corrected chi connectivity index (χ3v) is 6.84. The highest BCUT2D eigenvalue weighted by Crippen LogP contribution is 2.55. The van der Waals surface area contributed by atoms with Gasteiger partial charge in [-0.3, -0.25) is 9.59 Å². The molecule has 3 heterocycles. The van der Waals surface area contributed by atoms with Gasteiger partial charge in [-0.05, 0) is 41.3 Å². The minimum absolute atomic E-state index is 0.0500. The summed E-state index contributed by atoms with van der Waals surface area (Å²) >= 11 is 0. The SMILES string of the molecule is CC(C)CNC(=O)c1cccc(CN2C(=O)C3(COc4cc5c(cc43)OCO5)c3ccccc32)c1. The van der Waals surface area contributed by atoms with Gasteiger partial charge in [0.05, 0.1) is 6.54 Å². The molecule has 0 saturated heterocycles. The van der Waals surface area contributed by atoms with Crippen LogP contribution in [0.15, 0.2) is 60.7 Å². The number of carbonyl (C=O) groups excluding carboxylic acids is 2. The van der Waals surface area contributed by atoms with Crippen molar-refractivity contribution in [1.82, 2.24) is 5.32 Å². The van der Waals surface area contributed by atoms with Gasteiger partial charge in [-0.2, -0.15) is 0 Å². The Morgan fingerprint density at radius 1 is 0.971 bits per heavy atom. The number of amides is 2. The van der Waals surface area contributed by atoms with Gasteiger partial charge in [0.15, 0.2) is 11.5 Å². The molecule has 2 amide bonds. The first-order valence-corrected chi connectivity index (χ1v) is 11.8. The maximum absolute atomic E-state index is 14.1. The molecule has 1 atom stereocenters. The van der Waals surface area contributed by atoms with Crippen molar-refractivity contribution in [3.63, 3.8) is 0 Å². The van der Waals surface area contributed by atoms with E-state index >= 15 is 0 Å². The minimum atomic E-state index is -0.945. The molecule has 0 fully saturated rings. The van der Waals surface area contributed by atoms with Crippen LogP contribution in [0.5, 0.6) is 17.2 Å². The van der Waals surface area contributed by atoms with Crippen LogP contribution in [-0.2, 0) is 16.8 Å². The average Bonchev–Trinajstić information content (AvgIpc) is 3.54. The second kappa shape index (κ2) is 8.05. The average molecular weight is 471 g/mol. The molecule has 1 spiro atoms. The van der Waals surface area contributed by atoms with Gasteiger partial charge in [-0.1, -0.05) is 44.2 Å². The zero-order chi connectivity index (χ0) is 24.2. The largest absolute Gasteiger partial charge is 0.491 e. The lowest BCUT2D eigenvalue weighted by Gasteiger charge is -2.23. The fraction of sp³-hybridized carbons (Fsp3) is 0.286. The summed E-state index contributed by atoms with van der Waals surface area (Å²) in [5.41, 5.74) is 3.07. The Hall–Kier alpha value is -4.00. The zero-order valence-corrected chi connectivity index (χ0v) is 19.7. The lowest BCUT2D eigenvalue weighted by molar-refractivity contribution is -0.122. The van der Waals surface area contributed by atoms with Crippen LogP contribution in [0, 0.1) is 5.92 Å². The Bertz CT molecular complexity index is 1350. The number of benzene rings is 3. The monoisotopic (exact) mass is 470 g/mol. The summed E-state index contributed by atoms with van der Waals surface area (Å²) in [5, 5.41) is 2.96. The Balaban J connectivity index is 1.35. The van der Waals surface area contributed by atoms with Crippen molar-refractivity contribution >= 4 is 17.5 Å². The first-order chi connectivity index (χ1) is 17.0. The van der Waals surface area contributed by atoms with Crippen molar-refractivity contribution in [2.24, 2.45) is 5.92 Å². The second-order valence-corrected chi connectivity index (χ2v) is 9.61. The Morgan fingerprint density at radius 2 is 1.77 bits per heavy atom. The number of anilines is 1. The second-order valence-electron chi connectivity index (χ2n) is 9.61. The molecule has 0 aliphatic carbocycles. The lowest BCUT2D eigenvalue weighted by Crippen LogP contribution is -2.42. The predicted octanol–water partition coefficient (Wildman–Crippen LogP) is 4.03. The summed E-state index contributed by atoms with van der Waals surface area (Å²) in [5.74, 6) is 2.10. The summed E-state index contributed by atoms with van der Waals surface area (Å²) in [4.78, 5) is 28.5. The summed E-state index contributed by atoms with van der Waals surface area (Å²) in [7, 11) is 0. The number of ether oxygens (including phenoxy) is 3. The van der Waals surface area contributed by atoms with Gasteiger partial charge in [0.25, 0.3) is 5.91 Å². The van der Waals surface area contributed by atoms with Crippen molar-refractivity contribution in [2.45, 2.75) is 25.8 Å². The molecule has 0 bridgehead atoms. The predicted molar refractivity (Wildman–Crippen MR) is 130 cm³/mol. The van der Waals surface area contributed by atoms with Crippen molar-refractivity contribution in [2.75, 3.05) is 24.8 Å². The molecule has 178 valence electrons. The molecule has 0 saturated carbocycles. The van der Waals surface area contributed by atoms with Crippen LogP contribution < -0.4 is 24.4 Å². The first-order valence-electron chi connectivity index (χ1n) is 11.8. The van der Waals surface area contributed by atoms with Crippen LogP contribution in [-0.4, -0.2) is 31.8 Å². The topological polar surface area (TPSA) is 77.1 Å². The molecule has 3 aliphatic rings. The molecular weight excluding hydrogens is 444 g/mol. The van der Waals surface area contributed by atoms with E-state index in [1.54, 1.807) is 11.0 Å². The van der Waals surface area contributed by atoms with Crippen LogP contribution in [0.2, 0.25) is 0 Å². The van der Waals surface area contributed by atoms with Gasteiger partial charge >= 0.3 is 0 Å². The quantitative estimate of drug-likeness (QED) is 0.609. The normalized spacial score (nSPS) is 19.2. The fourth-order valence-electron chi connectivity index (χ4n) is 5.11. The van der Waals surface area contributed by atoms with Crippen molar-refractivity contribution in [3.8, 4) is 17.2 Å². The van der Waals surface area contributed by atoms with Crippen LogP contribution in [0.1, 0.15) is 40.9 Å². The third-order valence-electron chi connectivity index (χ3n) is 6.84. The number of rotatable bonds is 5. The molecule has 3 aromatic rings. The van der Waals surface area contributed by atoms with Crippen molar-refractivity contribution in [3.05, 3.63) is 82.9 Å². The van der Waals surface area contributed by atoms with Crippen molar-refractivity contribution in [1.29, 1.82) is 0 Å². The van der Waals surface area contributed by atoms with Crippen LogP contribution in [0.3, 0.4) is 0 Å². The number of para-hydroxylation sites is 1. The molecule has 7 heteroatoms. The van der Waals surface area contributed by atoms with E-state index in [9.17, 15) is 9.59 Å². The lowest BCUT2D eigenvalue weighted by atomic mass is 9.77. The molecule has 0 radical (unpaired) electrons. The summed E-state index contributed by atoms with van der Waals surface area (Å²) < 4.78 is 17.2. The van der Waals surface area contributed by atoms with E-state index in [2.05, 4.69) is 19.2 Å². The van der Waals surface area contributed by atoms with Gasteiger partial charge in [0.2, 0.25) is 12.7 Å². The molecule has 0 aromatic heterocycles. The summed E-state index contributed by atoms with van der Waals surface area (Å²) in [6.07, 6.45) is 0. The summed E-state index contributed by atoms with van der Waals surface area (Å²) in [6.45, 7) is 5.45. The number of hydrogen-bond donors (Lipinski definition) is 1. The van der Waals surface area contributed by atoms with E-state index in [1.807, 2.05) is 54.6 Å². The molecule has 3 aromatic carbocycles. The minimum Gasteiger partial charge on any atom is -0.491 e. The molecular formula is C28H26N2O5. The van der Waals surface area contributed by atoms with Crippen LogP contribution >= 0.6 is 0 Å². The molecule has 3 aliphatic heterocycles. The number of nitrogens with one attached hydrogen (secondary N) is 1. The molecule has 6 rings (SSSR count). The maximum atomic E-state index is 14.1. The number of fused-ring (bicyclic) bond motifs is 5. The maximum Gasteiger partial charge on any atom is 0.251 e. The standard InChI is InChI=1S/C28H26N2O5/c1-17(2)13-29-26(31)19-7-5-6-18(10-19)14-30-22-9-4-3-8-20(22)28(27(30)32)15-33-23-12-25-24(11-21(23)28)34-16-35-25/h3-12,17H,13-16H2,1-2H3,(H,29,31). The highest BCUT2D eigenvalue weighted by Gasteiger charge is 2.57. The molecule has 1 N–H and O–H groups in total. The highest BCUT2D eigenvalue weighted by molar-refractivity contribution is 6.11. The van der Waals surface area contributed by atoms with Gasteiger partial charge in [0.1, 0.15) is 17.8 Å². The van der Waals surface area contributed by atoms with E-state index in [-0.39, 0.29) is 25.2 Å². The Kier molecular flexibility index (Phi) is 4.95. The number of hydrogen-bond acceptors (Lipinski definition) is 5. The number of carbonyl (C=O) groups is 2.